The first kappa shape index (κ1) is 17.3. The van der Waals surface area contributed by atoms with Crippen molar-refractivity contribution in [3.05, 3.63) is 46.5 Å². The molecular weight excluding hydrogens is 344 g/mol. The first-order valence-corrected chi connectivity index (χ1v) is 9.32. The molecule has 2 heterocycles. The molecule has 0 saturated carbocycles. The van der Waals surface area contributed by atoms with Crippen LogP contribution in [0.4, 0.5) is 11.4 Å². The number of hydrogen-bond acceptors (Lipinski definition) is 5. The standard InChI is InChI=1S/C20H22N4O3/c1-2-11-27-19-8-5-14(12-18(19)23-9-3-4-10-23)20-21-16-7-6-15(24(25)26)13-17(16)22-20/h5-8,12-13H,2-4,9-11H2,1H3,(H,21,22). The van der Waals surface area contributed by atoms with Gasteiger partial charge < -0.3 is 14.6 Å². The lowest BCUT2D eigenvalue weighted by atomic mass is 10.1. The third kappa shape index (κ3) is 3.45. The number of aromatic nitrogens is 2. The summed E-state index contributed by atoms with van der Waals surface area (Å²) >= 11 is 0. The molecule has 0 amide bonds. The van der Waals surface area contributed by atoms with E-state index >= 15 is 0 Å². The Balaban J connectivity index is 1.73. The van der Waals surface area contributed by atoms with Gasteiger partial charge >= 0.3 is 0 Å². The molecule has 0 bridgehead atoms. The van der Waals surface area contributed by atoms with Crippen LogP contribution >= 0.6 is 0 Å². The summed E-state index contributed by atoms with van der Waals surface area (Å²) in [5.74, 6) is 1.60. The Bertz CT molecular complexity index is 977. The van der Waals surface area contributed by atoms with Gasteiger partial charge in [0.2, 0.25) is 0 Å². The SMILES string of the molecule is CCCOc1ccc(-c2nc3ccc([N+](=O)[O-])cc3[nH]2)cc1N1CCCC1. The zero-order chi connectivity index (χ0) is 18.8. The van der Waals surface area contributed by atoms with Crippen molar-refractivity contribution in [1.82, 2.24) is 9.97 Å². The molecule has 0 spiro atoms. The number of non-ortho nitro benzene ring substituents is 1. The summed E-state index contributed by atoms with van der Waals surface area (Å²) in [4.78, 5) is 20.8. The van der Waals surface area contributed by atoms with Gasteiger partial charge in [-0.3, -0.25) is 10.1 Å². The number of nitrogens with zero attached hydrogens (tertiary/aromatic N) is 3. The predicted molar refractivity (Wildman–Crippen MR) is 105 cm³/mol. The van der Waals surface area contributed by atoms with Crippen LogP contribution in [0.15, 0.2) is 36.4 Å². The monoisotopic (exact) mass is 366 g/mol. The molecule has 140 valence electrons. The first-order valence-electron chi connectivity index (χ1n) is 9.32. The third-order valence-electron chi connectivity index (χ3n) is 4.82. The number of benzene rings is 2. The molecule has 0 unspecified atom stereocenters. The van der Waals surface area contributed by atoms with E-state index in [1.807, 2.05) is 12.1 Å². The van der Waals surface area contributed by atoms with E-state index in [9.17, 15) is 10.1 Å². The van der Waals surface area contributed by atoms with Gasteiger partial charge in [0, 0.05) is 30.8 Å². The highest BCUT2D eigenvalue weighted by atomic mass is 16.6. The Morgan fingerprint density at radius 1 is 1.22 bits per heavy atom. The maximum atomic E-state index is 11.0. The molecular formula is C20H22N4O3. The summed E-state index contributed by atoms with van der Waals surface area (Å²) in [7, 11) is 0. The molecule has 3 aromatic rings. The third-order valence-corrected chi connectivity index (χ3v) is 4.82. The topological polar surface area (TPSA) is 84.3 Å². The lowest BCUT2D eigenvalue weighted by Crippen LogP contribution is -2.18. The Kier molecular flexibility index (Phi) is 4.66. The van der Waals surface area contributed by atoms with Crippen LogP contribution in [-0.2, 0) is 0 Å². The maximum Gasteiger partial charge on any atom is 0.271 e. The van der Waals surface area contributed by atoms with Gasteiger partial charge in [0.05, 0.1) is 28.3 Å². The van der Waals surface area contributed by atoms with Gasteiger partial charge in [-0.15, -0.1) is 0 Å². The molecule has 0 atom stereocenters. The van der Waals surface area contributed by atoms with Crippen molar-refractivity contribution >= 4 is 22.4 Å². The second-order valence-electron chi connectivity index (χ2n) is 6.77. The number of nitrogens with one attached hydrogen (secondary N) is 1. The summed E-state index contributed by atoms with van der Waals surface area (Å²) in [5.41, 5.74) is 3.46. The molecule has 0 radical (unpaired) electrons. The van der Waals surface area contributed by atoms with Crippen LogP contribution in [0, 0.1) is 10.1 Å². The second kappa shape index (κ2) is 7.26. The molecule has 4 rings (SSSR count). The van der Waals surface area contributed by atoms with E-state index < -0.39 is 4.92 Å². The Morgan fingerprint density at radius 3 is 2.78 bits per heavy atom. The minimum atomic E-state index is -0.398. The van der Waals surface area contributed by atoms with Crippen LogP contribution in [0.25, 0.3) is 22.4 Å². The molecule has 1 fully saturated rings. The molecule has 2 aromatic carbocycles. The average Bonchev–Trinajstić information content (AvgIpc) is 3.35. The number of aromatic amines is 1. The van der Waals surface area contributed by atoms with Gasteiger partial charge in [-0.25, -0.2) is 4.98 Å². The number of nitro groups is 1. The highest BCUT2D eigenvalue weighted by Crippen LogP contribution is 2.35. The largest absolute Gasteiger partial charge is 0.491 e. The lowest BCUT2D eigenvalue weighted by molar-refractivity contribution is -0.384. The van der Waals surface area contributed by atoms with Gasteiger partial charge in [-0.1, -0.05) is 6.92 Å². The van der Waals surface area contributed by atoms with E-state index in [-0.39, 0.29) is 5.69 Å². The van der Waals surface area contributed by atoms with Crippen LogP contribution in [0.3, 0.4) is 0 Å². The maximum absolute atomic E-state index is 11.0. The van der Waals surface area contributed by atoms with E-state index in [4.69, 9.17) is 4.74 Å². The van der Waals surface area contributed by atoms with Crippen LogP contribution < -0.4 is 9.64 Å². The fourth-order valence-electron chi connectivity index (χ4n) is 3.45. The van der Waals surface area contributed by atoms with Crippen molar-refractivity contribution in [2.45, 2.75) is 26.2 Å². The van der Waals surface area contributed by atoms with E-state index in [2.05, 4.69) is 27.9 Å². The van der Waals surface area contributed by atoms with Gasteiger partial charge in [0.1, 0.15) is 11.6 Å². The minimum Gasteiger partial charge on any atom is -0.491 e. The number of ether oxygens (including phenoxy) is 1. The number of nitro benzene ring substituents is 1. The van der Waals surface area contributed by atoms with Crippen molar-refractivity contribution in [3.63, 3.8) is 0 Å². The Morgan fingerprint density at radius 2 is 2.04 bits per heavy atom. The van der Waals surface area contributed by atoms with Crippen LogP contribution in [0.1, 0.15) is 26.2 Å². The average molecular weight is 366 g/mol. The molecule has 1 aromatic heterocycles. The smallest absolute Gasteiger partial charge is 0.271 e. The van der Waals surface area contributed by atoms with Crippen molar-refractivity contribution in [2.24, 2.45) is 0 Å². The number of hydrogen-bond donors (Lipinski definition) is 1. The van der Waals surface area contributed by atoms with Crippen molar-refractivity contribution in [2.75, 3.05) is 24.6 Å². The highest BCUT2D eigenvalue weighted by molar-refractivity contribution is 5.82. The summed E-state index contributed by atoms with van der Waals surface area (Å²) in [6.07, 6.45) is 3.33. The summed E-state index contributed by atoms with van der Waals surface area (Å²) in [6.45, 7) is 4.84. The van der Waals surface area contributed by atoms with Gasteiger partial charge in [-0.05, 0) is 43.5 Å². The van der Waals surface area contributed by atoms with Crippen LogP contribution in [0.2, 0.25) is 0 Å². The molecule has 0 aliphatic carbocycles. The van der Waals surface area contributed by atoms with Gasteiger partial charge in [-0.2, -0.15) is 0 Å². The van der Waals surface area contributed by atoms with Crippen LogP contribution in [0.5, 0.6) is 5.75 Å². The fourth-order valence-corrected chi connectivity index (χ4v) is 3.45. The van der Waals surface area contributed by atoms with E-state index in [1.165, 1.54) is 25.0 Å². The minimum absolute atomic E-state index is 0.0544. The fraction of sp³-hybridized carbons (Fsp3) is 0.350. The zero-order valence-electron chi connectivity index (χ0n) is 15.3. The van der Waals surface area contributed by atoms with Gasteiger partial charge in [0.15, 0.2) is 0 Å². The van der Waals surface area contributed by atoms with E-state index in [0.29, 0.717) is 23.5 Å². The first-order chi connectivity index (χ1) is 13.2. The molecule has 1 aliphatic heterocycles. The number of imidazole rings is 1. The number of rotatable bonds is 6. The van der Waals surface area contributed by atoms with E-state index in [0.717, 1.165) is 36.5 Å². The molecule has 27 heavy (non-hydrogen) atoms. The van der Waals surface area contributed by atoms with E-state index in [1.54, 1.807) is 6.07 Å². The highest BCUT2D eigenvalue weighted by Gasteiger charge is 2.19. The molecule has 1 aliphatic rings. The van der Waals surface area contributed by atoms with Crippen molar-refractivity contribution in [1.29, 1.82) is 0 Å². The molecule has 1 N–H and O–H groups in total. The predicted octanol–water partition coefficient (Wildman–Crippen LogP) is 4.53. The van der Waals surface area contributed by atoms with Crippen molar-refractivity contribution < 1.29 is 9.66 Å². The van der Waals surface area contributed by atoms with Gasteiger partial charge in [0.25, 0.3) is 5.69 Å². The lowest BCUT2D eigenvalue weighted by Gasteiger charge is -2.22. The summed E-state index contributed by atoms with van der Waals surface area (Å²) in [5, 5.41) is 11.0. The number of anilines is 1. The van der Waals surface area contributed by atoms with Crippen molar-refractivity contribution in [3.8, 4) is 17.1 Å². The Hall–Kier alpha value is -3.09. The quantitative estimate of drug-likeness (QED) is 0.512. The number of fused-ring (bicyclic) bond motifs is 1. The molecule has 7 nitrogen and oxygen atoms in total. The zero-order valence-corrected chi connectivity index (χ0v) is 15.3. The summed E-state index contributed by atoms with van der Waals surface area (Å²) < 4.78 is 5.94. The normalized spacial score (nSPS) is 14.0. The molecule has 1 saturated heterocycles. The number of H-pyrrole nitrogens is 1. The van der Waals surface area contributed by atoms with Crippen LogP contribution in [-0.4, -0.2) is 34.6 Å². The Labute approximate surface area is 157 Å². The summed E-state index contributed by atoms with van der Waals surface area (Å²) in [6, 6.07) is 10.7. The molecule has 7 heteroatoms. The second-order valence-corrected chi connectivity index (χ2v) is 6.77.